The van der Waals surface area contributed by atoms with Crippen LogP contribution in [0, 0.1) is 0 Å². The molecule has 0 saturated heterocycles. The highest BCUT2D eigenvalue weighted by Crippen LogP contribution is 2.01. The van der Waals surface area contributed by atoms with Gasteiger partial charge in [-0.3, -0.25) is 4.79 Å². The van der Waals surface area contributed by atoms with Crippen LogP contribution in [0.1, 0.15) is 19.3 Å². The van der Waals surface area contributed by atoms with Crippen molar-refractivity contribution >= 4 is 5.97 Å². The number of hydrogen-bond donors (Lipinski definition) is 1. The van der Waals surface area contributed by atoms with Crippen molar-refractivity contribution in [3.05, 3.63) is 24.3 Å². The molecule has 1 aliphatic rings. The van der Waals surface area contributed by atoms with Crippen LogP contribution >= 0.6 is 0 Å². The molecule has 13 heavy (non-hydrogen) atoms. The summed E-state index contributed by atoms with van der Waals surface area (Å²) in [5.41, 5.74) is 0. The number of allylic oxidation sites excluding steroid dienone is 3. The minimum atomic E-state index is -0.577. The van der Waals surface area contributed by atoms with E-state index in [0.29, 0.717) is 19.3 Å². The molecule has 1 atom stereocenters. The zero-order valence-corrected chi connectivity index (χ0v) is 7.48. The van der Waals surface area contributed by atoms with E-state index in [1.807, 2.05) is 24.3 Å². The Morgan fingerprint density at radius 1 is 1.38 bits per heavy atom. The number of carbonyl (C=O) groups is 1. The summed E-state index contributed by atoms with van der Waals surface area (Å²) >= 11 is 0. The Hall–Kier alpha value is -1.09. The Kier molecular flexibility index (Phi) is 4.26. The summed E-state index contributed by atoms with van der Waals surface area (Å²) in [5.74, 6) is -0.245. The number of esters is 1. The first-order valence-corrected chi connectivity index (χ1v) is 4.44. The van der Waals surface area contributed by atoms with E-state index in [4.69, 9.17) is 4.74 Å². The molecule has 1 heterocycles. The number of aliphatic hydroxyl groups is 1. The summed E-state index contributed by atoms with van der Waals surface area (Å²) in [6.45, 7) is 0.100. The largest absolute Gasteiger partial charge is 0.463 e. The predicted octanol–water partition coefficient (Wildman–Crippen LogP) is 1.19. The van der Waals surface area contributed by atoms with Crippen molar-refractivity contribution in [1.82, 2.24) is 0 Å². The van der Waals surface area contributed by atoms with Gasteiger partial charge in [-0.15, -0.1) is 0 Å². The second kappa shape index (κ2) is 5.54. The fourth-order valence-electron chi connectivity index (χ4n) is 1.02. The lowest BCUT2D eigenvalue weighted by atomic mass is 10.2. The maximum absolute atomic E-state index is 11.0. The highest BCUT2D eigenvalue weighted by molar-refractivity contribution is 5.69. The molecule has 0 bridgehead atoms. The van der Waals surface area contributed by atoms with Gasteiger partial charge in [0.25, 0.3) is 0 Å². The van der Waals surface area contributed by atoms with Gasteiger partial charge in [-0.2, -0.15) is 0 Å². The predicted molar refractivity (Wildman–Crippen MR) is 49.1 cm³/mol. The third-order valence-corrected chi connectivity index (χ3v) is 1.74. The topological polar surface area (TPSA) is 46.5 Å². The second-order valence-electron chi connectivity index (χ2n) is 2.97. The van der Waals surface area contributed by atoms with Crippen LogP contribution in [0.5, 0.6) is 0 Å². The number of ether oxygens (including phenoxy) is 1. The molecule has 0 saturated carbocycles. The second-order valence-corrected chi connectivity index (χ2v) is 2.97. The first-order chi connectivity index (χ1) is 6.29. The number of hydrogen-bond acceptors (Lipinski definition) is 3. The average molecular weight is 182 g/mol. The number of rotatable bonds is 0. The molecular formula is C10H14O3. The van der Waals surface area contributed by atoms with E-state index in [-0.39, 0.29) is 12.6 Å². The third-order valence-electron chi connectivity index (χ3n) is 1.74. The van der Waals surface area contributed by atoms with E-state index >= 15 is 0 Å². The van der Waals surface area contributed by atoms with Crippen LogP contribution in [0.2, 0.25) is 0 Å². The molecule has 3 heteroatoms. The summed E-state index contributed by atoms with van der Waals surface area (Å²) in [6.07, 6.45) is 8.56. The molecule has 0 aromatic carbocycles. The van der Waals surface area contributed by atoms with Gasteiger partial charge in [0, 0.05) is 6.42 Å². The molecule has 1 N–H and O–H groups in total. The quantitative estimate of drug-likeness (QED) is 0.572. The van der Waals surface area contributed by atoms with Crippen LogP contribution < -0.4 is 0 Å². The number of carbonyl (C=O) groups excluding carboxylic acids is 1. The van der Waals surface area contributed by atoms with Crippen LogP contribution in [0.4, 0.5) is 0 Å². The molecule has 1 unspecified atom stereocenters. The molecular weight excluding hydrogens is 168 g/mol. The van der Waals surface area contributed by atoms with Gasteiger partial charge < -0.3 is 9.84 Å². The van der Waals surface area contributed by atoms with Gasteiger partial charge in [0.2, 0.25) is 0 Å². The lowest BCUT2D eigenvalue weighted by molar-refractivity contribution is -0.146. The molecule has 72 valence electrons. The summed E-state index contributed by atoms with van der Waals surface area (Å²) in [4.78, 5) is 11.0. The highest BCUT2D eigenvalue weighted by Gasteiger charge is 2.06. The molecule has 0 amide bonds. The first-order valence-electron chi connectivity index (χ1n) is 4.44. The minimum absolute atomic E-state index is 0.100. The lowest BCUT2D eigenvalue weighted by Gasteiger charge is -2.08. The van der Waals surface area contributed by atoms with Crippen LogP contribution in [-0.2, 0) is 9.53 Å². The normalized spacial score (nSPS) is 29.9. The van der Waals surface area contributed by atoms with Gasteiger partial charge in [0.15, 0.2) is 0 Å². The Labute approximate surface area is 77.7 Å². The Bertz CT molecular complexity index is 218. The summed E-state index contributed by atoms with van der Waals surface area (Å²) in [6, 6.07) is 0. The molecule has 0 radical (unpaired) electrons. The summed E-state index contributed by atoms with van der Waals surface area (Å²) in [5, 5.41) is 9.29. The van der Waals surface area contributed by atoms with Crippen molar-refractivity contribution in [2.45, 2.75) is 25.4 Å². The molecule has 0 aromatic heterocycles. The highest BCUT2D eigenvalue weighted by atomic mass is 16.5. The molecule has 0 aliphatic carbocycles. The molecule has 3 nitrogen and oxygen atoms in total. The van der Waals surface area contributed by atoms with Gasteiger partial charge >= 0.3 is 5.97 Å². The van der Waals surface area contributed by atoms with Crippen molar-refractivity contribution < 1.29 is 14.6 Å². The van der Waals surface area contributed by atoms with Gasteiger partial charge in [-0.25, -0.2) is 0 Å². The molecule has 0 aromatic rings. The molecule has 0 fully saturated rings. The van der Waals surface area contributed by atoms with Crippen molar-refractivity contribution in [3.63, 3.8) is 0 Å². The van der Waals surface area contributed by atoms with E-state index in [1.165, 1.54) is 0 Å². The fourth-order valence-corrected chi connectivity index (χ4v) is 1.02. The van der Waals surface area contributed by atoms with Crippen LogP contribution in [0.15, 0.2) is 24.3 Å². The monoisotopic (exact) mass is 182 g/mol. The minimum Gasteiger partial charge on any atom is -0.463 e. The summed E-state index contributed by atoms with van der Waals surface area (Å²) in [7, 11) is 0. The molecule has 1 aliphatic heterocycles. The standard InChI is InChI=1S/C10H14O3/c11-9-6-4-2-1-3-5-7-10(12)13-8-9/h1-4,9,11H,5-8H2/b3-1-,4-2+. The Morgan fingerprint density at radius 2 is 2.15 bits per heavy atom. The molecule has 0 spiro atoms. The van der Waals surface area contributed by atoms with Gasteiger partial charge in [-0.05, 0) is 12.8 Å². The van der Waals surface area contributed by atoms with Crippen molar-refractivity contribution in [1.29, 1.82) is 0 Å². The van der Waals surface area contributed by atoms with E-state index in [9.17, 15) is 9.90 Å². The summed E-state index contributed by atoms with van der Waals surface area (Å²) < 4.78 is 4.83. The first kappa shape index (κ1) is 9.99. The van der Waals surface area contributed by atoms with Gasteiger partial charge in [-0.1, -0.05) is 24.3 Å². The van der Waals surface area contributed by atoms with Crippen LogP contribution in [-0.4, -0.2) is 23.8 Å². The van der Waals surface area contributed by atoms with Gasteiger partial charge in [0.1, 0.15) is 6.61 Å². The van der Waals surface area contributed by atoms with Crippen molar-refractivity contribution in [2.24, 2.45) is 0 Å². The van der Waals surface area contributed by atoms with E-state index < -0.39 is 6.10 Å². The lowest BCUT2D eigenvalue weighted by Crippen LogP contribution is -2.17. The molecule has 1 rings (SSSR count). The van der Waals surface area contributed by atoms with Crippen molar-refractivity contribution in [3.8, 4) is 0 Å². The smallest absolute Gasteiger partial charge is 0.306 e. The zero-order chi connectivity index (χ0) is 9.52. The fraction of sp³-hybridized carbons (Fsp3) is 0.500. The van der Waals surface area contributed by atoms with Crippen LogP contribution in [0.3, 0.4) is 0 Å². The average Bonchev–Trinajstić information content (AvgIpc) is 2.15. The maximum Gasteiger partial charge on any atom is 0.306 e. The zero-order valence-electron chi connectivity index (χ0n) is 7.48. The van der Waals surface area contributed by atoms with Crippen molar-refractivity contribution in [2.75, 3.05) is 6.61 Å². The Morgan fingerprint density at radius 3 is 3.00 bits per heavy atom. The maximum atomic E-state index is 11.0. The Balaban J connectivity index is 2.46. The van der Waals surface area contributed by atoms with E-state index in [0.717, 1.165) is 0 Å². The third kappa shape index (κ3) is 4.48. The SMILES string of the molecule is O=C1CC/C=C\C=C\CC(O)CO1. The number of cyclic esters (lactones) is 1. The van der Waals surface area contributed by atoms with Crippen LogP contribution in [0.25, 0.3) is 0 Å². The number of aliphatic hydroxyl groups excluding tert-OH is 1. The van der Waals surface area contributed by atoms with Gasteiger partial charge in [0.05, 0.1) is 6.10 Å². The van der Waals surface area contributed by atoms with E-state index in [2.05, 4.69) is 0 Å². The van der Waals surface area contributed by atoms with E-state index in [1.54, 1.807) is 0 Å².